The van der Waals surface area contributed by atoms with Crippen molar-refractivity contribution in [3.63, 3.8) is 0 Å². The van der Waals surface area contributed by atoms with Crippen molar-refractivity contribution in [2.75, 3.05) is 0 Å². The Morgan fingerprint density at radius 1 is 0.654 bits per heavy atom. The second-order valence-corrected chi connectivity index (χ2v) is 5.32. The molecule has 0 fully saturated rings. The predicted molar refractivity (Wildman–Crippen MR) is 107 cm³/mol. The molecule has 0 saturated heterocycles. The molecule has 0 amide bonds. The summed E-state index contributed by atoms with van der Waals surface area (Å²) >= 11 is 1.81. The fourth-order valence-electron chi connectivity index (χ4n) is 2.61. The monoisotopic (exact) mass is 434 g/mol. The van der Waals surface area contributed by atoms with Crippen LogP contribution in [0.3, 0.4) is 0 Å². The zero-order chi connectivity index (χ0) is 15.9. The summed E-state index contributed by atoms with van der Waals surface area (Å²) in [5.41, 5.74) is 2.70. The molecule has 4 aromatic carbocycles. The number of hydrogen-bond acceptors (Lipinski definition) is 0. The maximum atomic E-state index is 2.97. The van der Waals surface area contributed by atoms with Gasteiger partial charge in [-0.3, -0.25) is 0 Å². The van der Waals surface area contributed by atoms with Crippen LogP contribution < -0.4 is 24.8 Å². The molecule has 0 atom stereocenters. The van der Waals surface area contributed by atoms with Crippen LogP contribution in [0.4, 0.5) is 0 Å². The van der Waals surface area contributed by atoms with E-state index in [0.717, 1.165) is 0 Å². The Balaban J connectivity index is -0.000000326. The number of fused-ring (bicyclic) bond motifs is 2. The average molecular weight is 435 g/mol. The van der Waals surface area contributed by atoms with Gasteiger partial charge in [0, 0.05) is 0 Å². The molecule has 4 aromatic rings. The first-order chi connectivity index (χ1) is 10.7. The predicted octanol–water partition coefficient (Wildman–Crippen LogP) is 0.260. The van der Waals surface area contributed by atoms with Crippen LogP contribution in [0.1, 0.15) is 11.1 Å². The van der Waals surface area contributed by atoms with Gasteiger partial charge in [0.1, 0.15) is 0 Å². The zero-order valence-electron chi connectivity index (χ0n) is 15.7. The third-order valence-electron chi connectivity index (χ3n) is 3.52. The normalized spacial score (nSPS) is 8.31. The molecular weight excluding hydrogens is 411 g/mol. The van der Waals surface area contributed by atoms with Gasteiger partial charge in [-0.1, -0.05) is 26.0 Å². The van der Waals surface area contributed by atoms with E-state index in [1.807, 2.05) is 0 Å². The van der Waals surface area contributed by atoms with E-state index in [4.69, 9.17) is 0 Å². The third-order valence-corrected chi connectivity index (χ3v) is 3.52. The first kappa shape index (κ1) is 29.9. The molecule has 4 rings (SSSR count). The minimum absolute atomic E-state index is 0. The molecule has 0 spiro atoms. The fourth-order valence-corrected chi connectivity index (χ4v) is 2.61. The molecule has 2 radical (unpaired) electrons. The first-order valence-corrected chi connectivity index (χ1v) is 10.1. The Morgan fingerprint density at radius 2 is 0.962 bits per heavy atom. The summed E-state index contributed by atoms with van der Waals surface area (Å²) < 4.78 is 0. The average Bonchev–Trinajstić information content (AvgIpc) is 3.10. The fraction of sp³-hybridized carbons (Fsp3) is 0.0909. The van der Waals surface area contributed by atoms with E-state index in [-0.39, 0.29) is 39.7 Å². The van der Waals surface area contributed by atoms with Gasteiger partial charge in [-0.05, 0) is 0 Å². The SMILES string of the molecule is Cc1cc2ccccc2[cH-]1.Cc1cc2ccccc2[cH-]1.[CH3-].[CH3-].[Cl-].[Cl-].[Si]=[Ti+2]. The summed E-state index contributed by atoms with van der Waals surface area (Å²) in [6.45, 7) is 4.25. The van der Waals surface area contributed by atoms with Crippen molar-refractivity contribution in [1.82, 2.24) is 0 Å². The van der Waals surface area contributed by atoms with Crippen molar-refractivity contribution >= 4 is 29.2 Å². The van der Waals surface area contributed by atoms with E-state index in [9.17, 15) is 0 Å². The molecule has 4 heteroatoms. The van der Waals surface area contributed by atoms with Gasteiger partial charge in [0.25, 0.3) is 0 Å². The summed E-state index contributed by atoms with van der Waals surface area (Å²) in [5, 5.41) is 5.39. The van der Waals surface area contributed by atoms with Gasteiger partial charge in [0.15, 0.2) is 0 Å². The van der Waals surface area contributed by atoms with Crippen LogP contribution in [0.2, 0.25) is 0 Å². The summed E-state index contributed by atoms with van der Waals surface area (Å²) in [5.74, 6) is 0. The summed E-state index contributed by atoms with van der Waals surface area (Å²) in [7, 11) is 2.97. The van der Waals surface area contributed by atoms with Crippen LogP contribution in [0.15, 0.2) is 72.8 Å². The van der Waals surface area contributed by atoms with E-state index in [2.05, 4.69) is 94.3 Å². The van der Waals surface area contributed by atoms with Crippen LogP contribution in [-0.2, 0) is 19.2 Å². The van der Waals surface area contributed by atoms with Crippen LogP contribution in [0, 0.1) is 28.7 Å². The Morgan fingerprint density at radius 3 is 1.27 bits per heavy atom. The van der Waals surface area contributed by atoms with Crippen molar-refractivity contribution < 1.29 is 44.0 Å². The molecule has 0 aliphatic rings. The Hall–Kier alpha value is -0.829. The Labute approximate surface area is 185 Å². The Bertz CT molecular complexity index is 726. The maximum absolute atomic E-state index is 2.97. The van der Waals surface area contributed by atoms with E-state index in [1.54, 1.807) is 19.2 Å². The second-order valence-electron chi connectivity index (χ2n) is 5.32. The topological polar surface area (TPSA) is 0 Å². The molecule has 0 unspecified atom stereocenters. The number of benzene rings is 2. The van der Waals surface area contributed by atoms with E-state index in [0.29, 0.717) is 0 Å². The molecule has 26 heavy (non-hydrogen) atoms. The van der Waals surface area contributed by atoms with Crippen molar-refractivity contribution in [3.05, 3.63) is 98.8 Å². The third kappa shape index (κ3) is 8.24. The van der Waals surface area contributed by atoms with Crippen LogP contribution >= 0.6 is 0 Å². The van der Waals surface area contributed by atoms with E-state index < -0.39 is 0 Å². The van der Waals surface area contributed by atoms with Gasteiger partial charge >= 0.3 is 26.8 Å². The molecule has 0 aliphatic heterocycles. The van der Waals surface area contributed by atoms with E-state index >= 15 is 0 Å². The van der Waals surface area contributed by atoms with Gasteiger partial charge in [0.05, 0.1) is 0 Å². The molecule has 0 aromatic heterocycles. The Kier molecular flexibility index (Phi) is 17.5. The van der Waals surface area contributed by atoms with Gasteiger partial charge < -0.3 is 39.7 Å². The van der Waals surface area contributed by atoms with Crippen molar-refractivity contribution in [1.29, 1.82) is 0 Å². The molecule has 0 bridgehead atoms. The quantitative estimate of drug-likeness (QED) is 0.275. The van der Waals surface area contributed by atoms with Crippen molar-refractivity contribution in [3.8, 4) is 0 Å². The van der Waals surface area contributed by atoms with Gasteiger partial charge in [-0.2, -0.15) is 12.1 Å². The van der Waals surface area contributed by atoms with Crippen LogP contribution in [-0.4, -0.2) is 7.63 Å². The zero-order valence-corrected chi connectivity index (χ0v) is 19.8. The number of halogens is 2. The number of aryl methyl sites for hydroxylation is 2. The first-order valence-electron chi connectivity index (χ1n) is 7.21. The molecule has 0 nitrogen and oxygen atoms in total. The number of rotatable bonds is 0. The summed E-state index contributed by atoms with van der Waals surface area (Å²) in [6, 6.07) is 25.7. The van der Waals surface area contributed by atoms with Crippen LogP contribution in [0.25, 0.3) is 21.5 Å². The van der Waals surface area contributed by atoms with Crippen molar-refractivity contribution in [2.24, 2.45) is 0 Å². The van der Waals surface area contributed by atoms with Crippen LogP contribution in [0.5, 0.6) is 0 Å². The molecule has 0 N–H and O–H groups in total. The van der Waals surface area contributed by atoms with Gasteiger partial charge in [-0.25, -0.2) is 0 Å². The molecule has 0 saturated carbocycles. The molecule has 0 aliphatic carbocycles. The summed E-state index contributed by atoms with van der Waals surface area (Å²) in [6.07, 6.45) is 0. The van der Waals surface area contributed by atoms with Gasteiger partial charge in [-0.15, -0.1) is 81.2 Å². The van der Waals surface area contributed by atoms with Crippen molar-refractivity contribution in [2.45, 2.75) is 13.8 Å². The minimum atomic E-state index is 0. The van der Waals surface area contributed by atoms with E-state index in [1.165, 1.54) is 32.7 Å². The molecular formula is C22H24Cl2SiTi-4. The second kappa shape index (κ2) is 15.3. The van der Waals surface area contributed by atoms with Gasteiger partial charge in [0.2, 0.25) is 0 Å². The molecule has 138 valence electrons. The molecule has 0 heterocycles. The standard InChI is InChI=1S/2C10H9.2CH3.2ClH.Si.Ti/c2*1-8-6-9-4-2-3-5-10(9)7-8;;;;;;/h2*2-7H,1H3;2*1H3;2*1H;;/q4*-1;;;;+2/p-2. The summed E-state index contributed by atoms with van der Waals surface area (Å²) in [4.78, 5) is 0. The number of hydrogen-bond donors (Lipinski definition) is 0.